The summed E-state index contributed by atoms with van der Waals surface area (Å²) in [5.41, 5.74) is 7.77. The van der Waals surface area contributed by atoms with Gasteiger partial charge in [0.05, 0.1) is 6.04 Å². The smallest absolute Gasteiger partial charge is 0.251 e. The van der Waals surface area contributed by atoms with Crippen LogP contribution in [0.15, 0.2) is 46.9 Å². The third-order valence-electron chi connectivity index (χ3n) is 3.90. The third kappa shape index (κ3) is 4.02. The van der Waals surface area contributed by atoms with Crippen LogP contribution >= 0.6 is 28.3 Å². The van der Waals surface area contributed by atoms with Gasteiger partial charge in [0.15, 0.2) is 0 Å². The van der Waals surface area contributed by atoms with Crippen molar-refractivity contribution in [2.24, 2.45) is 0 Å². The molecule has 0 radical (unpaired) electrons. The Bertz CT molecular complexity index is 747. The van der Waals surface area contributed by atoms with E-state index < -0.39 is 0 Å². The molecule has 0 fully saturated rings. The van der Waals surface area contributed by atoms with E-state index >= 15 is 0 Å². The first-order valence-electron chi connectivity index (χ1n) is 7.49. The predicted octanol–water partition coefficient (Wildman–Crippen LogP) is 4.49. The van der Waals surface area contributed by atoms with Crippen molar-refractivity contribution >= 4 is 39.9 Å². The Morgan fingerprint density at radius 3 is 2.58 bits per heavy atom. The summed E-state index contributed by atoms with van der Waals surface area (Å²) in [5.74, 6) is 0.671. The lowest BCUT2D eigenvalue weighted by atomic mass is 9.89. The van der Waals surface area contributed by atoms with Crippen LogP contribution in [-0.4, -0.2) is 11.5 Å². The summed E-state index contributed by atoms with van der Waals surface area (Å²) in [6.07, 6.45) is 0.686. The summed E-state index contributed by atoms with van der Waals surface area (Å²) in [5, 5.41) is 3.10. The van der Waals surface area contributed by atoms with Crippen molar-refractivity contribution < 1.29 is 9.53 Å². The second kappa shape index (κ2) is 7.03. The number of carbonyl (C=O) groups is 1. The van der Waals surface area contributed by atoms with Gasteiger partial charge in [-0.2, -0.15) is 0 Å². The zero-order valence-electron chi connectivity index (χ0n) is 13.5. The zero-order valence-corrected chi connectivity index (χ0v) is 15.9. The zero-order chi connectivity index (χ0) is 16.6. The van der Waals surface area contributed by atoms with E-state index in [2.05, 4.69) is 21.2 Å². The normalized spacial score (nSPS) is 17.9. The molecule has 2 aromatic rings. The molecule has 4 nitrogen and oxygen atoms in total. The number of nitrogens with one attached hydrogen (secondary N) is 1. The maximum Gasteiger partial charge on any atom is 0.251 e. The summed E-state index contributed by atoms with van der Waals surface area (Å²) in [6, 6.07) is 12.7. The number of anilines is 1. The number of benzene rings is 2. The summed E-state index contributed by atoms with van der Waals surface area (Å²) >= 11 is 3.38. The fourth-order valence-corrected chi connectivity index (χ4v) is 3.11. The van der Waals surface area contributed by atoms with Gasteiger partial charge in [-0.05, 0) is 56.3 Å². The first-order valence-corrected chi connectivity index (χ1v) is 8.28. The number of halogens is 2. The molecule has 3 rings (SSSR count). The van der Waals surface area contributed by atoms with Gasteiger partial charge in [0, 0.05) is 27.7 Å². The number of fused-ring (bicyclic) bond motifs is 1. The average molecular weight is 412 g/mol. The molecule has 0 saturated carbocycles. The minimum absolute atomic E-state index is 0. The van der Waals surface area contributed by atoms with Crippen LogP contribution in [0.4, 0.5) is 5.69 Å². The summed E-state index contributed by atoms with van der Waals surface area (Å²) in [7, 11) is 0. The van der Waals surface area contributed by atoms with Crippen molar-refractivity contribution in [3.63, 3.8) is 0 Å². The van der Waals surface area contributed by atoms with Gasteiger partial charge in [0.25, 0.3) is 5.91 Å². The Morgan fingerprint density at radius 2 is 1.92 bits per heavy atom. The Hall–Kier alpha value is -1.72. The Kier molecular flexibility index (Phi) is 5.45. The number of carbonyl (C=O) groups excluding carboxylic acids is 1. The van der Waals surface area contributed by atoms with Crippen LogP contribution in [0.5, 0.6) is 5.75 Å². The molecule has 0 bridgehead atoms. The van der Waals surface area contributed by atoms with Gasteiger partial charge in [-0.1, -0.05) is 15.9 Å². The van der Waals surface area contributed by atoms with Crippen molar-refractivity contribution in [3.05, 3.63) is 58.1 Å². The average Bonchev–Trinajstić information content (AvgIpc) is 2.48. The number of ether oxygens (including phenoxy) is 1. The van der Waals surface area contributed by atoms with E-state index in [1.54, 1.807) is 12.1 Å². The minimum atomic E-state index is -0.346. The molecule has 0 aromatic heterocycles. The fourth-order valence-electron chi connectivity index (χ4n) is 2.84. The highest BCUT2D eigenvalue weighted by Crippen LogP contribution is 2.40. The molecule has 24 heavy (non-hydrogen) atoms. The Balaban J connectivity index is 0.00000208. The van der Waals surface area contributed by atoms with Crippen LogP contribution in [-0.2, 0) is 0 Å². The van der Waals surface area contributed by atoms with E-state index in [0.717, 1.165) is 15.8 Å². The number of rotatable bonds is 2. The lowest BCUT2D eigenvalue weighted by Gasteiger charge is -2.38. The van der Waals surface area contributed by atoms with E-state index in [1.807, 2.05) is 44.2 Å². The Morgan fingerprint density at radius 1 is 1.25 bits per heavy atom. The van der Waals surface area contributed by atoms with Crippen LogP contribution in [0.25, 0.3) is 0 Å². The molecule has 2 aromatic carbocycles. The van der Waals surface area contributed by atoms with E-state index in [4.69, 9.17) is 10.5 Å². The van der Waals surface area contributed by atoms with Gasteiger partial charge >= 0.3 is 0 Å². The predicted molar refractivity (Wildman–Crippen MR) is 102 cm³/mol. The van der Waals surface area contributed by atoms with Crippen molar-refractivity contribution in [2.75, 3.05) is 5.73 Å². The molecule has 0 spiro atoms. The molecule has 0 aliphatic carbocycles. The monoisotopic (exact) mass is 410 g/mol. The van der Waals surface area contributed by atoms with Crippen LogP contribution in [0.1, 0.15) is 42.2 Å². The summed E-state index contributed by atoms with van der Waals surface area (Å²) in [6.45, 7) is 4.04. The first kappa shape index (κ1) is 18.6. The number of nitrogen functional groups attached to an aromatic ring is 1. The van der Waals surface area contributed by atoms with Crippen molar-refractivity contribution in [3.8, 4) is 5.75 Å². The molecule has 128 valence electrons. The first-order chi connectivity index (χ1) is 10.8. The number of nitrogens with two attached hydrogens (primary N) is 1. The summed E-state index contributed by atoms with van der Waals surface area (Å²) in [4.78, 5) is 12.5. The van der Waals surface area contributed by atoms with Gasteiger partial charge in [-0.25, -0.2) is 0 Å². The summed E-state index contributed by atoms with van der Waals surface area (Å²) < 4.78 is 6.94. The highest BCUT2D eigenvalue weighted by Gasteiger charge is 2.34. The molecular formula is C18H20BrClN2O2. The molecule has 1 atom stereocenters. The third-order valence-corrected chi connectivity index (χ3v) is 4.43. The molecule has 1 unspecified atom stereocenters. The lowest BCUT2D eigenvalue weighted by molar-refractivity contribution is 0.0620. The molecule has 1 aliphatic heterocycles. The molecule has 1 aliphatic rings. The topological polar surface area (TPSA) is 64.4 Å². The molecule has 1 heterocycles. The lowest BCUT2D eigenvalue weighted by Crippen LogP contribution is -2.41. The molecule has 0 saturated heterocycles. The number of hydrogen-bond donors (Lipinski definition) is 2. The second-order valence-corrected chi connectivity index (χ2v) is 7.31. The van der Waals surface area contributed by atoms with Crippen LogP contribution in [0, 0.1) is 0 Å². The van der Waals surface area contributed by atoms with E-state index in [1.165, 1.54) is 0 Å². The number of hydrogen-bond acceptors (Lipinski definition) is 3. The van der Waals surface area contributed by atoms with E-state index in [9.17, 15) is 4.79 Å². The van der Waals surface area contributed by atoms with E-state index in [-0.39, 0.29) is 30.0 Å². The van der Waals surface area contributed by atoms with Crippen LogP contribution in [0.2, 0.25) is 0 Å². The van der Waals surface area contributed by atoms with Crippen molar-refractivity contribution in [1.82, 2.24) is 5.32 Å². The molecule has 1 amide bonds. The maximum atomic E-state index is 12.5. The fraction of sp³-hybridized carbons (Fsp3) is 0.278. The van der Waals surface area contributed by atoms with Crippen molar-refractivity contribution in [1.29, 1.82) is 0 Å². The van der Waals surface area contributed by atoms with Gasteiger partial charge < -0.3 is 15.8 Å². The SMILES string of the molecule is CC1(C)CC(NC(=O)c2ccc(Br)cc2)c2cc(N)ccc2O1.Cl. The molecular weight excluding hydrogens is 392 g/mol. The van der Waals surface area contributed by atoms with Gasteiger partial charge in [-0.3, -0.25) is 4.79 Å². The Labute approximate surface area is 156 Å². The van der Waals surface area contributed by atoms with Gasteiger partial charge in [0.1, 0.15) is 11.4 Å². The minimum Gasteiger partial charge on any atom is -0.487 e. The number of amides is 1. The van der Waals surface area contributed by atoms with Crippen LogP contribution in [0.3, 0.4) is 0 Å². The highest BCUT2D eigenvalue weighted by molar-refractivity contribution is 9.10. The van der Waals surface area contributed by atoms with E-state index in [0.29, 0.717) is 17.7 Å². The second-order valence-electron chi connectivity index (χ2n) is 6.40. The quantitative estimate of drug-likeness (QED) is 0.716. The largest absolute Gasteiger partial charge is 0.487 e. The van der Waals surface area contributed by atoms with Gasteiger partial charge in [0.2, 0.25) is 0 Å². The van der Waals surface area contributed by atoms with Crippen LogP contribution < -0.4 is 15.8 Å². The molecule has 3 N–H and O–H groups in total. The highest BCUT2D eigenvalue weighted by atomic mass is 79.9. The van der Waals surface area contributed by atoms with Crippen molar-refractivity contribution in [2.45, 2.75) is 31.9 Å². The molecule has 6 heteroatoms. The standard InChI is InChI=1S/C18H19BrN2O2.ClH/c1-18(2)10-15(14-9-13(20)7-8-16(14)23-18)21-17(22)11-3-5-12(19)6-4-11;/h3-9,15H,10,20H2,1-2H3,(H,21,22);1H. The van der Waals surface area contributed by atoms with Gasteiger partial charge in [-0.15, -0.1) is 12.4 Å². The maximum absolute atomic E-state index is 12.5.